The SMILES string of the molecule is C=C(CC(C)C(C)CC(C)(C)C(=C)C)C(C)(C)C. The van der Waals surface area contributed by atoms with Gasteiger partial charge in [0.25, 0.3) is 0 Å². The molecule has 0 heteroatoms. The van der Waals surface area contributed by atoms with Crippen LogP contribution in [0.2, 0.25) is 0 Å². The summed E-state index contributed by atoms with van der Waals surface area (Å²) in [6.45, 7) is 26.6. The van der Waals surface area contributed by atoms with Crippen molar-refractivity contribution in [2.24, 2.45) is 22.7 Å². The lowest BCUT2D eigenvalue weighted by Crippen LogP contribution is -2.22. The Balaban J connectivity index is 4.50. The fourth-order valence-electron chi connectivity index (χ4n) is 2.08. The molecule has 106 valence electrons. The summed E-state index contributed by atoms with van der Waals surface area (Å²) in [6, 6.07) is 0. The molecular weight excluding hydrogens is 216 g/mol. The predicted octanol–water partition coefficient (Wildman–Crippen LogP) is 6.24. The molecule has 0 aliphatic heterocycles. The predicted molar refractivity (Wildman–Crippen MR) is 84.8 cm³/mol. The van der Waals surface area contributed by atoms with Gasteiger partial charge in [0.05, 0.1) is 0 Å². The molecule has 0 amide bonds. The Morgan fingerprint density at radius 2 is 1.39 bits per heavy atom. The maximum absolute atomic E-state index is 4.26. The van der Waals surface area contributed by atoms with E-state index in [2.05, 4.69) is 68.5 Å². The molecule has 0 aliphatic rings. The van der Waals surface area contributed by atoms with E-state index in [4.69, 9.17) is 0 Å². The lowest BCUT2D eigenvalue weighted by atomic mass is 9.72. The van der Waals surface area contributed by atoms with Crippen LogP contribution in [0.15, 0.2) is 24.3 Å². The molecule has 0 N–H and O–H groups in total. The van der Waals surface area contributed by atoms with E-state index < -0.39 is 0 Å². The van der Waals surface area contributed by atoms with Crippen LogP contribution in [0, 0.1) is 22.7 Å². The van der Waals surface area contributed by atoms with Gasteiger partial charge >= 0.3 is 0 Å². The van der Waals surface area contributed by atoms with Crippen molar-refractivity contribution in [3.63, 3.8) is 0 Å². The van der Waals surface area contributed by atoms with E-state index in [9.17, 15) is 0 Å². The zero-order valence-corrected chi connectivity index (χ0v) is 14.0. The highest BCUT2D eigenvalue weighted by Crippen LogP contribution is 2.38. The number of hydrogen-bond donors (Lipinski definition) is 0. The van der Waals surface area contributed by atoms with Crippen molar-refractivity contribution < 1.29 is 0 Å². The standard InChI is InChI=1S/C18H34/c1-13(2)18(9,10)12-15(4)14(3)11-16(5)17(6,7)8/h14-15H,1,5,11-12H2,2-4,6-10H3. The van der Waals surface area contributed by atoms with Crippen molar-refractivity contribution >= 4 is 0 Å². The van der Waals surface area contributed by atoms with E-state index in [-0.39, 0.29) is 10.8 Å². The van der Waals surface area contributed by atoms with Crippen LogP contribution >= 0.6 is 0 Å². The zero-order valence-electron chi connectivity index (χ0n) is 14.0. The van der Waals surface area contributed by atoms with Gasteiger partial charge in [0.15, 0.2) is 0 Å². The van der Waals surface area contributed by atoms with E-state index in [0.717, 1.165) is 6.42 Å². The largest absolute Gasteiger partial charge is 0.0996 e. The van der Waals surface area contributed by atoms with Crippen LogP contribution in [0.25, 0.3) is 0 Å². The molecule has 0 fully saturated rings. The van der Waals surface area contributed by atoms with Gasteiger partial charge in [-0.1, -0.05) is 72.8 Å². The normalized spacial score (nSPS) is 16.2. The second-order valence-electron chi connectivity index (χ2n) is 7.88. The number of allylic oxidation sites excluding steroid dienone is 2. The molecule has 0 aromatic carbocycles. The summed E-state index contributed by atoms with van der Waals surface area (Å²) in [5.41, 5.74) is 3.14. The fraction of sp³-hybridized carbons (Fsp3) is 0.778. The van der Waals surface area contributed by atoms with Gasteiger partial charge in [-0.3, -0.25) is 0 Å². The molecule has 0 saturated carbocycles. The first-order valence-corrected chi connectivity index (χ1v) is 7.22. The smallest absolute Gasteiger partial charge is 0.0147 e. The van der Waals surface area contributed by atoms with Crippen molar-refractivity contribution in [2.45, 2.75) is 68.2 Å². The molecule has 0 aromatic heterocycles. The van der Waals surface area contributed by atoms with Crippen LogP contribution in [0.4, 0.5) is 0 Å². The van der Waals surface area contributed by atoms with Crippen molar-refractivity contribution in [1.29, 1.82) is 0 Å². The first-order chi connectivity index (χ1) is 7.88. The first kappa shape index (κ1) is 17.5. The summed E-state index contributed by atoms with van der Waals surface area (Å²) in [5, 5.41) is 0. The van der Waals surface area contributed by atoms with Crippen LogP contribution in [0.1, 0.15) is 68.2 Å². The summed E-state index contributed by atoms with van der Waals surface area (Å²) in [7, 11) is 0. The second-order valence-corrected chi connectivity index (χ2v) is 7.88. The monoisotopic (exact) mass is 250 g/mol. The zero-order chi connectivity index (χ0) is 14.7. The summed E-state index contributed by atoms with van der Waals surface area (Å²) in [4.78, 5) is 0. The fourth-order valence-corrected chi connectivity index (χ4v) is 2.08. The van der Waals surface area contributed by atoms with Crippen molar-refractivity contribution in [3.8, 4) is 0 Å². The van der Waals surface area contributed by atoms with Crippen LogP contribution in [-0.4, -0.2) is 0 Å². The Labute approximate surface area is 116 Å². The maximum Gasteiger partial charge on any atom is -0.0147 e. The topological polar surface area (TPSA) is 0 Å². The van der Waals surface area contributed by atoms with Gasteiger partial charge in [-0.05, 0) is 42.4 Å². The highest BCUT2D eigenvalue weighted by molar-refractivity contribution is 5.07. The molecular formula is C18H34. The van der Waals surface area contributed by atoms with Crippen LogP contribution in [0.5, 0.6) is 0 Å². The van der Waals surface area contributed by atoms with Crippen LogP contribution in [0.3, 0.4) is 0 Å². The maximum atomic E-state index is 4.26. The summed E-state index contributed by atoms with van der Waals surface area (Å²) >= 11 is 0. The summed E-state index contributed by atoms with van der Waals surface area (Å²) in [5.74, 6) is 1.39. The molecule has 0 bridgehead atoms. The van der Waals surface area contributed by atoms with E-state index in [1.165, 1.54) is 17.6 Å². The Morgan fingerprint density at radius 3 is 1.72 bits per heavy atom. The minimum Gasteiger partial charge on any atom is -0.0996 e. The molecule has 0 nitrogen and oxygen atoms in total. The third-order valence-electron chi connectivity index (χ3n) is 4.59. The van der Waals surface area contributed by atoms with Crippen molar-refractivity contribution in [3.05, 3.63) is 24.3 Å². The van der Waals surface area contributed by atoms with Gasteiger partial charge in [-0.15, -0.1) is 0 Å². The molecule has 0 aromatic rings. The number of rotatable bonds is 6. The lowest BCUT2D eigenvalue weighted by Gasteiger charge is -2.33. The second kappa shape index (κ2) is 6.08. The molecule has 18 heavy (non-hydrogen) atoms. The van der Waals surface area contributed by atoms with Gasteiger partial charge in [0, 0.05) is 0 Å². The van der Waals surface area contributed by atoms with Gasteiger partial charge in [0.1, 0.15) is 0 Å². The van der Waals surface area contributed by atoms with Crippen molar-refractivity contribution in [1.82, 2.24) is 0 Å². The van der Waals surface area contributed by atoms with E-state index in [1.807, 2.05) is 0 Å². The molecule has 0 spiro atoms. The highest BCUT2D eigenvalue weighted by atomic mass is 14.3. The third-order valence-corrected chi connectivity index (χ3v) is 4.59. The molecule has 0 aliphatic carbocycles. The highest BCUT2D eigenvalue weighted by Gasteiger charge is 2.26. The average molecular weight is 250 g/mol. The number of hydrogen-bond acceptors (Lipinski definition) is 0. The molecule has 0 heterocycles. The van der Waals surface area contributed by atoms with Gasteiger partial charge in [0.2, 0.25) is 0 Å². The van der Waals surface area contributed by atoms with Crippen LogP contribution in [-0.2, 0) is 0 Å². The van der Waals surface area contributed by atoms with Gasteiger partial charge < -0.3 is 0 Å². The molecule has 0 rings (SSSR count). The minimum absolute atomic E-state index is 0.234. The lowest BCUT2D eigenvalue weighted by molar-refractivity contribution is 0.256. The first-order valence-electron chi connectivity index (χ1n) is 7.22. The Hall–Kier alpha value is -0.520. The van der Waals surface area contributed by atoms with E-state index in [1.54, 1.807) is 0 Å². The average Bonchev–Trinajstić information content (AvgIpc) is 2.14. The third kappa shape index (κ3) is 5.42. The quantitative estimate of drug-likeness (QED) is 0.489. The Morgan fingerprint density at radius 1 is 0.944 bits per heavy atom. The van der Waals surface area contributed by atoms with E-state index in [0.29, 0.717) is 11.8 Å². The summed E-state index contributed by atoms with van der Waals surface area (Å²) < 4.78 is 0. The Kier molecular flexibility index (Phi) is 5.91. The molecule has 0 radical (unpaired) electrons. The van der Waals surface area contributed by atoms with Crippen LogP contribution < -0.4 is 0 Å². The van der Waals surface area contributed by atoms with Gasteiger partial charge in [-0.2, -0.15) is 0 Å². The summed E-state index contributed by atoms with van der Waals surface area (Å²) in [6.07, 6.45) is 2.35. The Bertz CT molecular complexity index is 298. The minimum atomic E-state index is 0.234. The molecule has 2 atom stereocenters. The molecule has 2 unspecified atom stereocenters. The van der Waals surface area contributed by atoms with E-state index >= 15 is 0 Å². The van der Waals surface area contributed by atoms with Crippen molar-refractivity contribution in [2.75, 3.05) is 0 Å². The molecule has 0 saturated heterocycles. The van der Waals surface area contributed by atoms with Gasteiger partial charge in [-0.25, -0.2) is 0 Å².